The molecule has 1 saturated heterocycles. The minimum absolute atomic E-state index is 0.0222. The Hall–Kier alpha value is -0.770. The molecule has 1 rings (SSSR count). The van der Waals surface area contributed by atoms with Gasteiger partial charge in [-0.15, -0.1) is 0 Å². The first-order valence-corrected chi connectivity index (χ1v) is 6.11. The SMILES string of the molecule is CC1(C)CN(C(=O)OC(C)(C)C)C(C)(CO)C1. The van der Waals surface area contributed by atoms with Gasteiger partial charge >= 0.3 is 6.09 Å². The monoisotopic (exact) mass is 243 g/mol. The van der Waals surface area contributed by atoms with E-state index >= 15 is 0 Å². The number of likely N-dealkylation sites (tertiary alicyclic amines) is 1. The number of nitrogens with zero attached hydrogens (tertiary/aromatic N) is 1. The summed E-state index contributed by atoms with van der Waals surface area (Å²) in [5.74, 6) is 0. The second kappa shape index (κ2) is 4.16. The topological polar surface area (TPSA) is 49.8 Å². The molecule has 1 aliphatic rings. The Balaban J connectivity index is 2.85. The van der Waals surface area contributed by atoms with Gasteiger partial charge in [-0.1, -0.05) is 13.8 Å². The lowest BCUT2D eigenvalue weighted by Gasteiger charge is -2.34. The van der Waals surface area contributed by atoms with Crippen LogP contribution in [0.3, 0.4) is 0 Å². The molecule has 0 saturated carbocycles. The number of aliphatic hydroxyl groups is 1. The molecule has 0 aromatic heterocycles. The van der Waals surface area contributed by atoms with Crippen LogP contribution in [0.5, 0.6) is 0 Å². The first kappa shape index (κ1) is 14.3. The Bertz CT molecular complexity index is 306. The molecule has 1 heterocycles. The van der Waals surface area contributed by atoms with E-state index in [1.807, 2.05) is 27.7 Å². The van der Waals surface area contributed by atoms with Gasteiger partial charge in [0.1, 0.15) is 5.60 Å². The van der Waals surface area contributed by atoms with E-state index in [2.05, 4.69) is 13.8 Å². The molecule has 1 fully saturated rings. The third-order valence-corrected chi connectivity index (χ3v) is 3.05. The molecule has 0 aromatic carbocycles. The van der Waals surface area contributed by atoms with E-state index < -0.39 is 11.1 Å². The highest BCUT2D eigenvalue weighted by Gasteiger charge is 2.49. The minimum Gasteiger partial charge on any atom is -0.444 e. The van der Waals surface area contributed by atoms with Crippen molar-refractivity contribution >= 4 is 6.09 Å². The molecule has 0 aromatic rings. The lowest BCUT2D eigenvalue weighted by atomic mass is 9.85. The number of ether oxygens (including phenoxy) is 1. The average molecular weight is 243 g/mol. The van der Waals surface area contributed by atoms with Crippen LogP contribution in [0, 0.1) is 5.41 Å². The van der Waals surface area contributed by atoms with Crippen LogP contribution in [0.25, 0.3) is 0 Å². The fourth-order valence-electron chi connectivity index (χ4n) is 2.54. The number of aliphatic hydroxyl groups excluding tert-OH is 1. The van der Waals surface area contributed by atoms with Crippen LogP contribution in [-0.2, 0) is 4.74 Å². The molecule has 1 atom stereocenters. The number of carbonyl (C=O) groups is 1. The Morgan fingerprint density at radius 1 is 1.35 bits per heavy atom. The highest BCUT2D eigenvalue weighted by Crippen LogP contribution is 2.41. The summed E-state index contributed by atoms with van der Waals surface area (Å²) in [6.07, 6.45) is 0.454. The lowest BCUT2D eigenvalue weighted by Crippen LogP contribution is -2.49. The van der Waals surface area contributed by atoms with Crippen molar-refractivity contribution in [2.24, 2.45) is 5.41 Å². The van der Waals surface area contributed by atoms with Gasteiger partial charge in [-0.3, -0.25) is 4.90 Å². The van der Waals surface area contributed by atoms with E-state index in [1.54, 1.807) is 4.90 Å². The van der Waals surface area contributed by atoms with Gasteiger partial charge in [0.25, 0.3) is 0 Å². The maximum Gasteiger partial charge on any atom is 0.410 e. The van der Waals surface area contributed by atoms with Crippen molar-refractivity contribution < 1.29 is 14.6 Å². The molecule has 0 bridgehead atoms. The van der Waals surface area contributed by atoms with Crippen molar-refractivity contribution in [1.82, 2.24) is 4.90 Å². The molecule has 0 aliphatic carbocycles. The zero-order valence-electron chi connectivity index (χ0n) is 11.8. The molecular weight excluding hydrogens is 218 g/mol. The van der Waals surface area contributed by atoms with Crippen molar-refractivity contribution in [2.75, 3.05) is 13.2 Å². The highest BCUT2D eigenvalue weighted by molar-refractivity contribution is 5.70. The highest BCUT2D eigenvalue weighted by atomic mass is 16.6. The Morgan fingerprint density at radius 3 is 2.29 bits per heavy atom. The second-order valence-corrected chi connectivity index (χ2v) is 7.06. The number of hydrogen-bond donors (Lipinski definition) is 1. The standard InChI is InChI=1S/C13H25NO3/c1-11(2,3)17-10(16)14-8-12(4,5)7-13(14,6)9-15/h15H,7-9H2,1-6H3. The van der Waals surface area contributed by atoms with Crippen LogP contribution >= 0.6 is 0 Å². The number of amides is 1. The van der Waals surface area contributed by atoms with E-state index in [-0.39, 0.29) is 18.1 Å². The predicted octanol–water partition coefficient (Wildman–Crippen LogP) is 2.40. The van der Waals surface area contributed by atoms with Crippen molar-refractivity contribution in [1.29, 1.82) is 0 Å². The summed E-state index contributed by atoms with van der Waals surface area (Å²) in [5, 5.41) is 9.53. The van der Waals surface area contributed by atoms with Crippen molar-refractivity contribution in [3.63, 3.8) is 0 Å². The molecular formula is C13H25NO3. The summed E-state index contributed by atoms with van der Waals surface area (Å²) in [7, 11) is 0. The first-order valence-electron chi connectivity index (χ1n) is 6.11. The molecule has 0 radical (unpaired) electrons. The molecule has 1 unspecified atom stereocenters. The summed E-state index contributed by atoms with van der Waals surface area (Å²) in [6, 6.07) is 0. The van der Waals surface area contributed by atoms with Gasteiger partial charge in [0, 0.05) is 6.54 Å². The second-order valence-electron chi connectivity index (χ2n) is 7.06. The van der Waals surface area contributed by atoms with E-state index in [4.69, 9.17) is 4.74 Å². The fourth-order valence-corrected chi connectivity index (χ4v) is 2.54. The molecule has 100 valence electrons. The summed E-state index contributed by atoms with van der Waals surface area (Å²) in [4.78, 5) is 13.8. The molecule has 1 amide bonds. The van der Waals surface area contributed by atoms with Crippen molar-refractivity contribution in [2.45, 2.75) is 59.1 Å². The van der Waals surface area contributed by atoms with Crippen molar-refractivity contribution in [3.05, 3.63) is 0 Å². The zero-order chi connectivity index (χ0) is 13.5. The average Bonchev–Trinajstić information content (AvgIpc) is 2.34. The Kier molecular flexibility index (Phi) is 3.50. The summed E-state index contributed by atoms with van der Waals surface area (Å²) >= 11 is 0. The number of hydrogen-bond acceptors (Lipinski definition) is 3. The van der Waals surface area contributed by atoms with Gasteiger partial charge < -0.3 is 9.84 Å². The minimum atomic E-state index is -0.508. The molecule has 0 spiro atoms. The third kappa shape index (κ3) is 3.35. The molecule has 4 nitrogen and oxygen atoms in total. The summed E-state index contributed by atoms with van der Waals surface area (Å²) in [5.41, 5.74) is -0.986. The summed E-state index contributed by atoms with van der Waals surface area (Å²) < 4.78 is 5.39. The first-order chi connectivity index (χ1) is 7.49. The van der Waals surface area contributed by atoms with E-state index in [0.29, 0.717) is 6.54 Å². The van der Waals surface area contributed by atoms with E-state index in [9.17, 15) is 9.90 Å². The Morgan fingerprint density at radius 2 is 1.88 bits per heavy atom. The van der Waals surface area contributed by atoms with Gasteiger partial charge in [-0.05, 0) is 39.5 Å². The Labute approximate surface area is 104 Å². The molecule has 1 aliphatic heterocycles. The lowest BCUT2D eigenvalue weighted by molar-refractivity contribution is -0.000297. The van der Waals surface area contributed by atoms with Crippen LogP contribution in [-0.4, -0.2) is 40.4 Å². The number of carbonyl (C=O) groups excluding carboxylic acids is 1. The molecule has 1 N–H and O–H groups in total. The van der Waals surface area contributed by atoms with Gasteiger partial charge in [-0.2, -0.15) is 0 Å². The van der Waals surface area contributed by atoms with Gasteiger partial charge in [-0.25, -0.2) is 4.79 Å². The summed E-state index contributed by atoms with van der Waals surface area (Å²) in [6.45, 7) is 12.3. The quantitative estimate of drug-likeness (QED) is 0.769. The smallest absolute Gasteiger partial charge is 0.410 e. The molecule has 17 heavy (non-hydrogen) atoms. The fraction of sp³-hybridized carbons (Fsp3) is 0.923. The van der Waals surface area contributed by atoms with Crippen LogP contribution in [0.1, 0.15) is 48.0 Å². The van der Waals surface area contributed by atoms with Crippen LogP contribution in [0.4, 0.5) is 4.79 Å². The van der Waals surface area contributed by atoms with Crippen LogP contribution in [0.2, 0.25) is 0 Å². The van der Waals surface area contributed by atoms with Gasteiger partial charge in [0.15, 0.2) is 0 Å². The third-order valence-electron chi connectivity index (χ3n) is 3.05. The van der Waals surface area contributed by atoms with Crippen molar-refractivity contribution in [3.8, 4) is 0 Å². The zero-order valence-corrected chi connectivity index (χ0v) is 11.8. The number of rotatable bonds is 1. The maximum atomic E-state index is 12.1. The van der Waals surface area contributed by atoms with Crippen LogP contribution < -0.4 is 0 Å². The van der Waals surface area contributed by atoms with E-state index in [1.165, 1.54) is 0 Å². The largest absolute Gasteiger partial charge is 0.444 e. The van der Waals surface area contributed by atoms with E-state index in [0.717, 1.165) is 6.42 Å². The molecule has 4 heteroatoms. The van der Waals surface area contributed by atoms with Crippen LogP contribution in [0.15, 0.2) is 0 Å². The normalized spacial score (nSPS) is 28.3. The predicted molar refractivity (Wildman–Crippen MR) is 66.8 cm³/mol. The van der Waals surface area contributed by atoms with Gasteiger partial charge in [0.2, 0.25) is 0 Å². The maximum absolute atomic E-state index is 12.1. The van der Waals surface area contributed by atoms with Gasteiger partial charge in [0.05, 0.1) is 12.1 Å².